The van der Waals surface area contributed by atoms with E-state index < -0.39 is 0 Å². The van der Waals surface area contributed by atoms with Gasteiger partial charge in [0.05, 0.1) is 6.20 Å². The van der Waals surface area contributed by atoms with Crippen LogP contribution < -0.4 is 5.32 Å². The van der Waals surface area contributed by atoms with Gasteiger partial charge in [-0.2, -0.15) is 5.10 Å². The number of benzene rings is 1. The molecule has 6 heteroatoms. The Morgan fingerprint density at radius 2 is 2.07 bits per heavy atom. The molecule has 2 aromatic heterocycles. The third-order valence-corrected chi connectivity index (χ3v) is 6.39. The standard InChI is InChI=1S/C23H27ClN4O/c1-14-7-4-5-10-21(14)27-23(29)20-13-25-28-16(3)19(15(2)26-22(20)28)12-17-8-6-9-18(24)11-17/h6,8-9,11,13-14,21H,4-5,7,10,12H2,1-3H3,(H,27,29)/t14-,21-/m1/s1. The first kappa shape index (κ1) is 19.9. The van der Waals surface area contributed by atoms with Crippen molar-refractivity contribution in [3.05, 3.63) is 63.6 Å². The Morgan fingerprint density at radius 3 is 2.83 bits per heavy atom. The third-order valence-electron chi connectivity index (χ3n) is 6.15. The van der Waals surface area contributed by atoms with E-state index in [9.17, 15) is 4.79 Å². The molecule has 1 aliphatic rings. The van der Waals surface area contributed by atoms with Gasteiger partial charge in [0.2, 0.25) is 0 Å². The highest BCUT2D eigenvalue weighted by Gasteiger charge is 2.25. The molecule has 3 aromatic rings. The van der Waals surface area contributed by atoms with Crippen molar-refractivity contribution in [3.63, 3.8) is 0 Å². The van der Waals surface area contributed by atoms with Gasteiger partial charge in [0.15, 0.2) is 5.65 Å². The fourth-order valence-electron chi connectivity index (χ4n) is 4.35. The Hall–Kier alpha value is -2.40. The lowest BCUT2D eigenvalue weighted by atomic mass is 9.86. The number of halogens is 1. The number of aromatic nitrogens is 3. The molecule has 1 N–H and O–H groups in total. The van der Waals surface area contributed by atoms with Crippen LogP contribution in [-0.4, -0.2) is 26.5 Å². The maximum Gasteiger partial charge on any atom is 0.256 e. The van der Waals surface area contributed by atoms with Gasteiger partial charge in [-0.15, -0.1) is 0 Å². The topological polar surface area (TPSA) is 59.3 Å². The van der Waals surface area contributed by atoms with E-state index in [0.29, 0.717) is 17.1 Å². The Bertz CT molecular complexity index is 1060. The lowest BCUT2D eigenvalue weighted by Crippen LogP contribution is -2.41. The number of aryl methyl sites for hydroxylation is 2. The van der Waals surface area contributed by atoms with E-state index in [1.807, 2.05) is 32.0 Å². The zero-order valence-electron chi connectivity index (χ0n) is 17.2. The summed E-state index contributed by atoms with van der Waals surface area (Å²) in [4.78, 5) is 17.7. The van der Waals surface area contributed by atoms with Gasteiger partial charge in [-0.25, -0.2) is 9.50 Å². The second-order valence-electron chi connectivity index (χ2n) is 8.20. The molecule has 0 radical (unpaired) electrons. The second kappa shape index (κ2) is 8.15. The number of carbonyl (C=O) groups is 1. The largest absolute Gasteiger partial charge is 0.349 e. The van der Waals surface area contributed by atoms with E-state index in [1.165, 1.54) is 19.3 Å². The summed E-state index contributed by atoms with van der Waals surface area (Å²) in [7, 11) is 0. The monoisotopic (exact) mass is 410 g/mol. The molecule has 0 spiro atoms. The number of fused-ring (bicyclic) bond motifs is 1. The van der Waals surface area contributed by atoms with Gasteiger partial charge < -0.3 is 5.32 Å². The molecule has 1 aliphatic carbocycles. The highest BCUT2D eigenvalue weighted by atomic mass is 35.5. The first-order valence-corrected chi connectivity index (χ1v) is 10.7. The Kier molecular flexibility index (Phi) is 5.59. The third kappa shape index (κ3) is 4.01. The predicted molar refractivity (Wildman–Crippen MR) is 116 cm³/mol. The maximum absolute atomic E-state index is 13.0. The molecule has 5 nitrogen and oxygen atoms in total. The van der Waals surface area contributed by atoms with Gasteiger partial charge in [0.25, 0.3) is 5.91 Å². The van der Waals surface area contributed by atoms with E-state index in [1.54, 1.807) is 10.7 Å². The molecular formula is C23H27ClN4O. The lowest BCUT2D eigenvalue weighted by Gasteiger charge is -2.29. The van der Waals surface area contributed by atoms with Gasteiger partial charge in [-0.3, -0.25) is 4.79 Å². The summed E-state index contributed by atoms with van der Waals surface area (Å²) in [6, 6.07) is 8.09. The second-order valence-corrected chi connectivity index (χ2v) is 8.64. The fraction of sp³-hybridized carbons (Fsp3) is 0.435. The van der Waals surface area contributed by atoms with Crippen molar-refractivity contribution in [2.75, 3.05) is 0 Å². The molecule has 152 valence electrons. The molecule has 2 heterocycles. The minimum Gasteiger partial charge on any atom is -0.349 e. The number of carbonyl (C=O) groups excluding carboxylic acids is 1. The average Bonchev–Trinajstić information content (AvgIpc) is 3.11. The quantitative estimate of drug-likeness (QED) is 0.665. The number of hydrogen-bond donors (Lipinski definition) is 1. The van der Waals surface area contributed by atoms with Crippen LogP contribution in [0.1, 0.15) is 65.5 Å². The molecule has 1 saturated carbocycles. The lowest BCUT2D eigenvalue weighted by molar-refractivity contribution is 0.0912. The molecule has 0 aliphatic heterocycles. The normalized spacial score (nSPS) is 19.4. The highest BCUT2D eigenvalue weighted by Crippen LogP contribution is 2.25. The van der Waals surface area contributed by atoms with Crippen molar-refractivity contribution in [2.24, 2.45) is 5.92 Å². The van der Waals surface area contributed by atoms with Gasteiger partial charge >= 0.3 is 0 Å². The van der Waals surface area contributed by atoms with Crippen LogP contribution in [0.2, 0.25) is 5.02 Å². The SMILES string of the molecule is Cc1nc2c(C(=O)N[C@@H]3CCCC[C@H]3C)cnn2c(C)c1Cc1cccc(Cl)c1. The average molecular weight is 411 g/mol. The Labute approximate surface area is 176 Å². The van der Waals surface area contributed by atoms with Crippen LogP contribution in [0.3, 0.4) is 0 Å². The smallest absolute Gasteiger partial charge is 0.256 e. The molecule has 2 atom stereocenters. The molecule has 4 rings (SSSR count). The molecule has 0 unspecified atom stereocenters. The van der Waals surface area contributed by atoms with Crippen LogP contribution in [0.4, 0.5) is 0 Å². The number of amides is 1. The van der Waals surface area contributed by atoms with E-state index in [-0.39, 0.29) is 11.9 Å². The van der Waals surface area contributed by atoms with Crippen molar-refractivity contribution >= 4 is 23.2 Å². The van der Waals surface area contributed by atoms with E-state index >= 15 is 0 Å². The minimum atomic E-state index is -0.0763. The van der Waals surface area contributed by atoms with Crippen LogP contribution >= 0.6 is 11.6 Å². The molecule has 0 bridgehead atoms. The number of nitrogens with zero attached hydrogens (tertiary/aromatic N) is 3. The zero-order valence-corrected chi connectivity index (χ0v) is 18.0. The number of rotatable bonds is 4. The Morgan fingerprint density at radius 1 is 1.28 bits per heavy atom. The molecule has 1 fully saturated rings. The molecular weight excluding hydrogens is 384 g/mol. The number of hydrogen-bond acceptors (Lipinski definition) is 3. The summed E-state index contributed by atoms with van der Waals surface area (Å²) < 4.78 is 1.78. The summed E-state index contributed by atoms with van der Waals surface area (Å²) in [5.41, 5.74) is 5.31. The number of nitrogens with one attached hydrogen (secondary N) is 1. The Balaban J connectivity index is 1.64. The first-order valence-electron chi connectivity index (χ1n) is 10.3. The molecule has 1 aromatic carbocycles. The summed E-state index contributed by atoms with van der Waals surface area (Å²) in [6.45, 7) is 6.24. The van der Waals surface area contributed by atoms with Crippen LogP contribution in [0, 0.1) is 19.8 Å². The van der Waals surface area contributed by atoms with E-state index in [4.69, 9.17) is 16.6 Å². The highest BCUT2D eigenvalue weighted by molar-refractivity contribution is 6.30. The molecule has 0 saturated heterocycles. The van der Waals surface area contributed by atoms with Gasteiger partial charge in [0, 0.05) is 28.9 Å². The van der Waals surface area contributed by atoms with Crippen molar-refractivity contribution in [2.45, 2.75) is 58.9 Å². The van der Waals surface area contributed by atoms with Gasteiger partial charge in [-0.05, 0) is 55.9 Å². The van der Waals surface area contributed by atoms with Gasteiger partial charge in [0.1, 0.15) is 5.56 Å². The van der Waals surface area contributed by atoms with Crippen molar-refractivity contribution < 1.29 is 4.79 Å². The van der Waals surface area contributed by atoms with Crippen molar-refractivity contribution in [1.82, 2.24) is 19.9 Å². The van der Waals surface area contributed by atoms with Crippen molar-refractivity contribution in [1.29, 1.82) is 0 Å². The van der Waals surface area contributed by atoms with Crippen LogP contribution in [0.5, 0.6) is 0 Å². The van der Waals surface area contributed by atoms with Crippen LogP contribution in [0.15, 0.2) is 30.5 Å². The summed E-state index contributed by atoms with van der Waals surface area (Å²) in [6.07, 6.45) is 7.00. The van der Waals surface area contributed by atoms with Crippen LogP contribution in [-0.2, 0) is 6.42 Å². The van der Waals surface area contributed by atoms with E-state index in [0.717, 1.165) is 40.4 Å². The summed E-state index contributed by atoms with van der Waals surface area (Å²) in [5, 5.41) is 8.42. The molecule has 1 amide bonds. The summed E-state index contributed by atoms with van der Waals surface area (Å²) >= 11 is 6.14. The maximum atomic E-state index is 13.0. The fourth-order valence-corrected chi connectivity index (χ4v) is 4.57. The van der Waals surface area contributed by atoms with Crippen molar-refractivity contribution in [3.8, 4) is 0 Å². The zero-order chi connectivity index (χ0) is 20.5. The molecule has 29 heavy (non-hydrogen) atoms. The predicted octanol–water partition coefficient (Wildman–Crippen LogP) is 4.90. The first-order chi connectivity index (χ1) is 13.9. The van der Waals surface area contributed by atoms with Gasteiger partial charge in [-0.1, -0.05) is 43.5 Å². The van der Waals surface area contributed by atoms with Crippen LogP contribution in [0.25, 0.3) is 5.65 Å². The summed E-state index contributed by atoms with van der Waals surface area (Å²) in [5.74, 6) is 0.433. The van der Waals surface area contributed by atoms with E-state index in [2.05, 4.69) is 23.4 Å². The minimum absolute atomic E-state index is 0.0763.